The van der Waals surface area contributed by atoms with Gasteiger partial charge in [-0.2, -0.15) is 0 Å². The van der Waals surface area contributed by atoms with Crippen LogP contribution in [0.25, 0.3) is 0 Å². The molecule has 7 heteroatoms. The van der Waals surface area contributed by atoms with Crippen LogP contribution in [0.5, 0.6) is 0 Å². The van der Waals surface area contributed by atoms with E-state index in [9.17, 15) is 9.59 Å². The molecule has 0 spiro atoms. The van der Waals surface area contributed by atoms with E-state index in [1.165, 1.54) is 0 Å². The van der Waals surface area contributed by atoms with E-state index in [-0.39, 0.29) is 12.4 Å². The monoisotopic (exact) mass is 258 g/mol. The van der Waals surface area contributed by atoms with Crippen molar-refractivity contribution in [1.82, 2.24) is 0 Å². The molecule has 0 saturated heterocycles. The van der Waals surface area contributed by atoms with E-state index in [1.54, 1.807) is 0 Å². The zero-order chi connectivity index (χ0) is 14.0. The van der Waals surface area contributed by atoms with Gasteiger partial charge < -0.3 is 21.9 Å². The second-order valence-electron chi connectivity index (χ2n) is 3.95. The maximum atomic E-state index is 11.4. The predicted molar refractivity (Wildman–Crippen MR) is 68.5 cm³/mol. The van der Waals surface area contributed by atoms with Crippen molar-refractivity contribution in [1.29, 1.82) is 0 Å². The molecule has 0 bridgehead atoms. The number of guanidine groups is 1. The van der Waals surface area contributed by atoms with Gasteiger partial charge in [0.1, 0.15) is 6.04 Å². The first-order valence-corrected chi connectivity index (χ1v) is 6.02. The van der Waals surface area contributed by atoms with Gasteiger partial charge in [-0.1, -0.05) is 13.3 Å². The molecule has 0 unspecified atom stereocenters. The van der Waals surface area contributed by atoms with E-state index < -0.39 is 18.0 Å². The SMILES string of the molecule is CCCCC(=O)OC(=O)[C@@H](N)CCCN=C(N)N. The number of hydrogen-bond acceptors (Lipinski definition) is 5. The van der Waals surface area contributed by atoms with Gasteiger partial charge in [0.05, 0.1) is 0 Å². The van der Waals surface area contributed by atoms with Gasteiger partial charge >= 0.3 is 11.9 Å². The van der Waals surface area contributed by atoms with Crippen molar-refractivity contribution < 1.29 is 14.3 Å². The van der Waals surface area contributed by atoms with Gasteiger partial charge in [0.2, 0.25) is 0 Å². The summed E-state index contributed by atoms with van der Waals surface area (Å²) in [6.45, 7) is 2.34. The summed E-state index contributed by atoms with van der Waals surface area (Å²) in [6, 6.07) is -0.815. The zero-order valence-electron chi connectivity index (χ0n) is 10.7. The van der Waals surface area contributed by atoms with Crippen molar-refractivity contribution in [2.24, 2.45) is 22.2 Å². The van der Waals surface area contributed by atoms with Crippen LogP contribution in [0.4, 0.5) is 0 Å². The van der Waals surface area contributed by atoms with Crippen LogP contribution in [0.3, 0.4) is 0 Å². The summed E-state index contributed by atoms with van der Waals surface area (Å²) in [7, 11) is 0. The Kier molecular flexibility index (Phi) is 8.55. The molecule has 18 heavy (non-hydrogen) atoms. The van der Waals surface area contributed by atoms with Gasteiger partial charge in [0.15, 0.2) is 5.96 Å². The van der Waals surface area contributed by atoms with E-state index in [4.69, 9.17) is 17.2 Å². The molecule has 0 heterocycles. The molecule has 104 valence electrons. The minimum atomic E-state index is -0.815. The Morgan fingerprint density at radius 3 is 2.50 bits per heavy atom. The van der Waals surface area contributed by atoms with Crippen molar-refractivity contribution in [2.75, 3.05) is 6.54 Å². The molecule has 0 radical (unpaired) electrons. The number of unbranched alkanes of at least 4 members (excludes halogenated alkanes) is 1. The second kappa shape index (κ2) is 9.41. The van der Waals surface area contributed by atoms with Gasteiger partial charge in [0, 0.05) is 13.0 Å². The third kappa shape index (κ3) is 8.51. The number of rotatable bonds is 8. The van der Waals surface area contributed by atoms with Crippen molar-refractivity contribution in [3.8, 4) is 0 Å². The molecule has 0 aliphatic heterocycles. The molecule has 0 saturated carbocycles. The van der Waals surface area contributed by atoms with Gasteiger partial charge in [-0.25, -0.2) is 4.79 Å². The van der Waals surface area contributed by atoms with Gasteiger partial charge in [0.25, 0.3) is 0 Å². The smallest absolute Gasteiger partial charge is 0.330 e. The Balaban J connectivity index is 3.82. The van der Waals surface area contributed by atoms with E-state index in [1.807, 2.05) is 6.92 Å². The standard InChI is InChI=1S/C11H22N4O3/c1-2-3-6-9(16)18-10(17)8(12)5-4-7-15-11(13)14/h8H,2-7,12H2,1H3,(H4,13,14,15)/t8-/m0/s1. The van der Waals surface area contributed by atoms with Crippen molar-refractivity contribution in [2.45, 2.75) is 45.1 Å². The van der Waals surface area contributed by atoms with E-state index in [2.05, 4.69) is 9.73 Å². The molecule has 0 amide bonds. The number of carbonyl (C=O) groups is 2. The molecule has 0 fully saturated rings. The maximum Gasteiger partial charge on any atom is 0.330 e. The zero-order valence-corrected chi connectivity index (χ0v) is 10.7. The number of ether oxygens (including phenoxy) is 1. The predicted octanol–water partition coefficient (Wildman–Crippen LogP) is -0.373. The molecular formula is C11H22N4O3. The fourth-order valence-electron chi connectivity index (χ4n) is 1.20. The molecule has 6 N–H and O–H groups in total. The highest BCUT2D eigenvalue weighted by atomic mass is 16.6. The summed E-state index contributed by atoms with van der Waals surface area (Å²) in [5, 5.41) is 0. The Hall–Kier alpha value is -1.63. The summed E-state index contributed by atoms with van der Waals surface area (Å²) in [5.41, 5.74) is 15.9. The Bertz CT molecular complexity index is 301. The molecule has 7 nitrogen and oxygen atoms in total. The van der Waals surface area contributed by atoms with Crippen molar-refractivity contribution >= 4 is 17.9 Å². The first-order valence-electron chi connectivity index (χ1n) is 6.02. The van der Waals surface area contributed by atoms with E-state index >= 15 is 0 Å². The normalized spacial score (nSPS) is 11.7. The lowest BCUT2D eigenvalue weighted by Gasteiger charge is -2.09. The van der Waals surface area contributed by atoms with Gasteiger partial charge in [-0.05, 0) is 19.3 Å². The molecule has 0 aromatic heterocycles. The fourth-order valence-corrected chi connectivity index (χ4v) is 1.20. The summed E-state index contributed by atoms with van der Waals surface area (Å²) in [4.78, 5) is 26.3. The minimum Gasteiger partial charge on any atom is -0.392 e. The molecule has 0 aromatic rings. The highest BCUT2D eigenvalue weighted by Gasteiger charge is 2.17. The summed E-state index contributed by atoms with van der Waals surface area (Å²) < 4.78 is 4.60. The number of esters is 2. The average molecular weight is 258 g/mol. The molecule has 0 aliphatic rings. The minimum absolute atomic E-state index is 0.000825. The summed E-state index contributed by atoms with van der Waals surface area (Å²) >= 11 is 0. The molecular weight excluding hydrogens is 236 g/mol. The first-order chi connectivity index (χ1) is 8.47. The van der Waals surface area contributed by atoms with Crippen molar-refractivity contribution in [3.05, 3.63) is 0 Å². The largest absolute Gasteiger partial charge is 0.392 e. The Morgan fingerprint density at radius 2 is 1.94 bits per heavy atom. The highest BCUT2D eigenvalue weighted by Crippen LogP contribution is 2.01. The van der Waals surface area contributed by atoms with Gasteiger partial charge in [-0.3, -0.25) is 9.79 Å². The van der Waals surface area contributed by atoms with Crippen LogP contribution in [0.2, 0.25) is 0 Å². The van der Waals surface area contributed by atoms with Crippen LogP contribution in [0, 0.1) is 0 Å². The number of aliphatic imine (C=N–C) groups is 1. The van der Waals surface area contributed by atoms with Crippen LogP contribution < -0.4 is 17.2 Å². The topological polar surface area (TPSA) is 134 Å². The number of nitrogens with two attached hydrogens (primary N) is 3. The van der Waals surface area contributed by atoms with Crippen LogP contribution in [-0.4, -0.2) is 30.5 Å². The number of carbonyl (C=O) groups excluding carboxylic acids is 2. The van der Waals surface area contributed by atoms with Crippen LogP contribution in [0.15, 0.2) is 4.99 Å². The summed E-state index contributed by atoms with van der Waals surface area (Å²) in [6.07, 6.45) is 2.73. The van der Waals surface area contributed by atoms with E-state index in [0.717, 1.165) is 6.42 Å². The Labute approximate surface area is 107 Å². The third-order valence-corrected chi connectivity index (χ3v) is 2.22. The average Bonchev–Trinajstić information content (AvgIpc) is 2.31. The molecule has 1 atom stereocenters. The molecule has 0 aliphatic carbocycles. The second-order valence-corrected chi connectivity index (χ2v) is 3.95. The lowest BCUT2D eigenvalue weighted by molar-refractivity contribution is -0.160. The summed E-state index contributed by atoms with van der Waals surface area (Å²) in [5.74, 6) is -1.22. The lowest BCUT2D eigenvalue weighted by atomic mass is 10.2. The van der Waals surface area contributed by atoms with Crippen LogP contribution in [-0.2, 0) is 14.3 Å². The molecule has 0 aromatic carbocycles. The number of nitrogens with zero attached hydrogens (tertiary/aromatic N) is 1. The Morgan fingerprint density at radius 1 is 1.28 bits per heavy atom. The van der Waals surface area contributed by atoms with Gasteiger partial charge in [-0.15, -0.1) is 0 Å². The lowest BCUT2D eigenvalue weighted by Crippen LogP contribution is -2.34. The van der Waals surface area contributed by atoms with Crippen molar-refractivity contribution in [3.63, 3.8) is 0 Å². The van der Waals surface area contributed by atoms with E-state index in [0.29, 0.717) is 25.8 Å². The number of hydrogen-bond donors (Lipinski definition) is 3. The molecule has 0 rings (SSSR count). The van der Waals surface area contributed by atoms with Crippen LogP contribution in [0.1, 0.15) is 39.0 Å². The third-order valence-electron chi connectivity index (χ3n) is 2.22. The first kappa shape index (κ1) is 16.4. The quantitative estimate of drug-likeness (QED) is 0.179. The van der Waals surface area contributed by atoms with Crippen LogP contribution >= 0.6 is 0 Å². The fraction of sp³-hybridized carbons (Fsp3) is 0.727. The maximum absolute atomic E-state index is 11.4. The highest BCUT2D eigenvalue weighted by molar-refractivity contribution is 5.88.